The molecule has 1 fully saturated rings. The van der Waals surface area contributed by atoms with Gasteiger partial charge in [0, 0.05) is 19.0 Å². The molecule has 1 aromatic heterocycles. The maximum absolute atomic E-state index is 11.8. The van der Waals surface area contributed by atoms with Crippen LogP contribution < -0.4 is 10.0 Å². The second-order valence-electron chi connectivity index (χ2n) is 4.45. The van der Waals surface area contributed by atoms with Crippen molar-refractivity contribution in [3.63, 3.8) is 0 Å². The second kappa shape index (κ2) is 5.77. The lowest BCUT2D eigenvalue weighted by Gasteiger charge is -2.11. The molecule has 1 unspecified atom stereocenters. The first kappa shape index (κ1) is 13.4. The fourth-order valence-electron chi connectivity index (χ4n) is 1.98. The largest absolute Gasteiger partial charge is 0.339 e. The summed E-state index contributed by atoms with van der Waals surface area (Å²) in [6, 6.07) is 0.0770. The molecule has 2 rings (SSSR count). The Balaban J connectivity index is 1.74. The third-order valence-electron chi connectivity index (χ3n) is 2.81. The number of aryl methyl sites for hydroxylation is 1. The number of nitrogens with one attached hydrogen (secondary N) is 2. The molecule has 8 heteroatoms. The molecule has 1 saturated heterocycles. The summed E-state index contributed by atoms with van der Waals surface area (Å²) in [4.78, 5) is 4.01. The molecule has 0 aliphatic carbocycles. The van der Waals surface area contributed by atoms with Crippen molar-refractivity contribution in [3.05, 3.63) is 11.7 Å². The Morgan fingerprint density at radius 3 is 3.00 bits per heavy atom. The summed E-state index contributed by atoms with van der Waals surface area (Å²) in [6.45, 7) is 2.92. The standard InChI is InChI=1S/C10H18N4O3S/c1-8-13-10(17-14-8)4-6-12-18(15,16)7-9-3-2-5-11-9/h9,11-12H,2-7H2,1H3. The first-order chi connectivity index (χ1) is 8.55. The van der Waals surface area contributed by atoms with Crippen molar-refractivity contribution in [1.82, 2.24) is 20.2 Å². The Morgan fingerprint density at radius 1 is 1.56 bits per heavy atom. The Morgan fingerprint density at radius 2 is 2.39 bits per heavy atom. The van der Waals surface area contributed by atoms with Crippen LogP contribution in [0.5, 0.6) is 0 Å². The van der Waals surface area contributed by atoms with E-state index in [0.717, 1.165) is 19.4 Å². The van der Waals surface area contributed by atoms with Gasteiger partial charge in [0.1, 0.15) is 0 Å². The van der Waals surface area contributed by atoms with Crippen molar-refractivity contribution in [2.45, 2.75) is 32.2 Å². The smallest absolute Gasteiger partial charge is 0.227 e. The van der Waals surface area contributed by atoms with Crippen molar-refractivity contribution in [2.24, 2.45) is 0 Å². The zero-order chi connectivity index (χ0) is 13.0. The predicted octanol–water partition coefficient (Wildman–Crippen LogP) is -0.408. The third-order valence-corrected chi connectivity index (χ3v) is 4.30. The van der Waals surface area contributed by atoms with Gasteiger partial charge in [-0.3, -0.25) is 0 Å². The number of hydrogen-bond donors (Lipinski definition) is 2. The Kier molecular flexibility index (Phi) is 4.31. The molecule has 0 radical (unpaired) electrons. The average molecular weight is 274 g/mol. The topological polar surface area (TPSA) is 97.1 Å². The van der Waals surface area contributed by atoms with Crippen LogP contribution in [0.4, 0.5) is 0 Å². The average Bonchev–Trinajstić information content (AvgIpc) is 2.89. The highest BCUT2D eigenvalue weighted by atomic mass is 32.2. The van der Waals surface area contributed by atoms with Gasteiger partial charge in [-0.2, -0.15) is 4.98 Å². The minimum absolute atomic E-state index is 0.0770. The van der Waals surface area contributed by atoms with Crippen LogP contribution in [-0.4, -0.2) is 43.4 Å². The van der Waals surface area contributed by atoms with Crippen LogP contribution >= 0.6 is 0 Å². The van der Waals surface area contributed by atoms with Crippen molar-refractivity contribution < 1.29 is 12.9 Å². The monoisotopic (exact) mass is 274 g/mol. The molecule has 0 aromatic carbocycles. The maximum Gasteiger partial charge on any atom is 0.227 e. The Labute approximate surface area is 106 Å². The van der Waals surface area contributed by atoms with Gasteiger partial charge in [0.25, 0.3) is 0 Å². The minimum atomic E-state index is -3.23. The number of nitrogens with zero attached hydrogens (tertiary/aromatic N) is 2. The molecule has 1 aliphatic rings. The number of rotatable bonds is 6. The molecule has 0 bridgehead atoms. The lowest BCUT2D eigenvalue weighted by atomic mass is 10.3. The quantitative estimate of drug-likeness (QED) is 0.732. The number of hydrogen-bond acceptors (Lipinski definition) is 6. The van der Waals surface area contributed by atoms with Crippen molar-refractivity contribution in [1.29, 1.82) is 0 Å². The molecule has 1 atom stereocenters. The van der Waals surface area contributed by atoms with Crippen molar-refractivity contribution in [2.75, 3.05) is 18.8 Å². The highest BCUT2D eigenvalue weighted by molar-refractivity contribution is 7.89. The first-order valence-electron chi connectivity index (χ1n) is 6.05. The fourth-order valence-corrected chi connectivity index (χ4v) is 3.32. The van der Waals surface area contributed by atoms with Gasteiger partial charge < -0.3 is 9.84 Å². The molecule has 1 aromatic rings. The first-order valence-corrected chi connectivity index (χ1v) is 7.70. The van der Waals surface area contributed by atoms with Gasteiger partial charge in [0.2, 0.25) is 15.9 Å². The fraction of sp³-hybridized carbons (Fsp3) is 0.800. The van der Waals surface area contributed by atoms with E-state index in [1.54, 1.807) is 6.92 Å². The van der Waals surface area contributed by atoms with E-state index in [9.17, 15) is 8.42 Å². The van der Waals surface area contributed by atoms with Crippen molar-refractivity contribution >= 4 is 10.0 Å². The molecule has 2 heterocycles. The molecule has 0 amide bonds. The molecule has 2 N–H and O–H groups in total. The van der Waals surface area contributed by atoms with Crippen LogP contribution in [0.1, 0.15) is 24.6 Å². The molecule has 0 spiro atoms. The highest BCUT2D eigenvalue weighted by Crippen LogP contribution is 2.07. The maximum atomic E-state index is 11.8. The lowest BCUT2D eigenvalue weighted by molar-refractivity contribution is 0.375. The SMILES string of the molecule is Cc1noc(CCNS(=O)(=O)CC2CCCN2)n1. The van der Waals surface area contributed by atoms with E-state index < -0.39 is 10.0 Å². The zero-order valence-electron chi connectivity index (χ0n) is 10.3. The van der Waals surface area contributed by atoms with Crippen LogP contribution in [0.15, 0.2) is 4.52 Å². The van der Waals surface area contributed by atoms with E-state index in [0.29, 0.717) is 18.1 Å². The number of sulfonamides is 1. The molecular formula is C10H18N4O3S. The summed E-state index contributed by atoms with van der Waals surface area (Å²) in [5.41, 5.74) is 0. The van der Waals surface area contributed by atoms with E-state index >= 15 is 0 Å². The van der Waals surface area contributed by atoms with Crippen LogP contribution in [0.3, 0.4) is 0 Å². The third kappa shape index (κ3) is 4.04. The highest BCUT2D eigenvalue weighted by Gasteiger charge is 2.21. The molecule has 18 heavy (non-hydrogen) atoms. The molecule has 102 valence electrons. The van der Waals surface area contributed by atoms with Gasteiger partial charge in [0.05, 0.1) is 5.75 Å². The lowest BCUT2D eigenvalue weighted by Crippen LogP contribution is -2.37. The van der Waals surface area contributed by atoms with E-state index in [2.05, 4.69) is 20.2 Å². The van der Waals surface area contributed by atoms with Crippen molar-refractivity contribution in [3.8, 4) is 0 Å². The van der Waals surface area contributed by atoms with Crippen LogP contribution in [-0.2, 0) is 16.4 Å². The molecular weight excluding hydrogens is 256 g/mol. The summed E-state index contributed by atoms with van der Waals surface area (Å²) in [6.07, 6.45) is 2.38. The van der Waals surface area contributed by atoms with Gasteiger partial charge in [-0.1, -0.05) is 5.16 Å². The van der Waals surface area contributed by atoms with E-state index in [-0.39, 0.29) is 18.3 Å². The van der Waals surface area contributed by atoms with Crippen LogP contribution in [0.2, 0.25) is 0 Å². The minimum Gasteiger partial charge on any atom is -0.339 e. The second-order valence-corrected chi connectivity index (χ2v) is 6.31. The summed E-state index contributed by atoms with van der Waals surface area (Å²) in [5, 5.41) is 6.81. The van der Waals surface area contributed by atoms with E-state index in [1.807, 2.05) is 0 Å². The van der Waals surface area contributed by atoms with Gasteiger partial charge in [-0.15, -0.1) is 0 Å². The van der Waals surface area contributed by atoms with Gasteiger partial charge in [0.15, 0.2) is 5.82 Å². The van der Waals surface area contributed by atoms with E-state index in [1.165, 1.54) is 0 Å². The molecule has 0 saturated carbocycles. The normalized spacial score (nSPS) is 20.4. The number of aromatic nitrogens is 2. The van der Waals surface area contributed by atoms with Gasteiger partial charge in [-0.05, 0) is 26.3 Å². The van der Waals surface area contributed by atoms with Gasteiger partial charge >= 0.3 is 0 Å². The van der Waals surface area contributed by atoms with E-state index in [4.69, 9.17) is 4.52 Å². The van der Waals surface area contributed by atoms with Gasteiger partial charge in [-0.25, -0.2) is 13.1 Å². The summed E-state index contributed by atoms with van der Waals surface area (Å²) < 4.78 is 31.0. The predicted molar refractivity (Wildman–Crippen MR) is 65.6 cm³/mol. The zero-order valence-corrected chi connectivity index (χ0v) is 11.2. The van der Waals surface area contributed by atoms with Crippen LogP contribution in [0, 0.1) is 6.92 Å². The Bertz CT molecular complexity index is 479. The summed E-state index contributed by atoms with van der Waals surface area (Å²) in [7, 11) is -3.23. The summed E-state index contributed by atoms with van der Waals surface area (Å²) in [5.74, 6) is 1.15. The molecule has 7 nitrogen and oxygen atoms in total. The Hall–Kier alpha value is -0.990. The summed E-state index contributed by atoms with van der Waals surface area (Å²) >= 11 is 0. The molecule has 1 aliphatic heterocycles. The van der Waals surface area contributed by atoms with Crippen LogP contribution in [0.25, 0.3) is 0 Å².